The Balaban J connectivity index is 2.24. The summed E-state index contributed by atoms with van der Waals surface area (Å²) in [4.78, 5) is 20.6. The smallest absolute Gasteiger partial charge is 0.321 e. The number of ether oxygens (including phenoxy) is 1. The molecule has 0 bridgehead atoms. The summed E-state index contributed by atoms with van der Waals surface area (Å²) >= 11 is 1.25. The maximum Gasteiger partial charge on any atom is 0.321 e. The van der Waals surface area contributed by atoms with Crippen LogP contribution in [0.4, 0.5) is 5.95 Å². The first-order valence-electron chi connectivity index (χ1n) is 5.30. The summed E-state index contributed by atoms with van der Waals surface area (Å²) in [6.45, 7) is 2.68. The first-order chi connectivity index (χ1) is 8.81. The normalized spacial score (nSPS) is 10.1. The Bertz CT molecular complexity index is 509. The van der Waals surface area contributed by atoms with Gasteiger partial charge in [0.2, 0.25) is 11.1 Å². The number of anilines is 1. The maximum atomic E-state index is 5.02. The van der Waals surface area contributed by atoms with Crippen LogP contribution in [0.15, 0.2) is 28.8 Å². The molecule has 0 aliphatic carbocycles. The Morgan fingerprint density at radius 1 is 1.17 bits per heavy atom. The molecular formula is C10H12N6OS. The number of hydrogen-bond donors (Lipinski definition) is 1. The Kier molecular flexibility index (Phi) is 4.24. The van der Waals surface area contributed by atoms with Crippen LogP contribution in [0, 0.1) is 0 Å². The molecule has 0 aliphatic rings. The minimum atomic E-state index is 0.263. The van der Waals surface area contributed by atoms with E-state index in [4.69, 9.17) is 4.74 Å². The van der Waals surface area contributed by atoms with Gasteiger partial charge in [-0.25, -0.2) is 9.97 Å². The summed E-state index contributed by atoms with van der Waals surface area (Å²) in [7, 11) is 1.51. The zero-order valence-electron chi connectivity index (χ0n) is 9.99. The van der Waals surface area contributed by atoms with Gasteiger partial charge < -0.3 is 10.1 Å². The Morgan fingerprint density at radius 2 is 1.94 bits per heavy atom. The number of nitrogens with zero attached hydrogens (tertiary/aromatic N) is 5. The Hall–Kier alpha value is -1.96. The highest BCUT2D eigenvalue weighted by Gasteiger charge is 2.09. The van der Waals surface area contributed by atoms with E-state index in [-0.39, 0.29) is 6.01 Å². The van der Waals surface area contributed by atoms with Crippen molar-refractivity contribution in [1.29, 1.82) is 0 Å². The van der Waals surface area contributed by atoms with Crippen molar-refractivity contribution >= 4 is 17.7 Å². The molecule has 18 heavy (non-hydrogen) atoms. The highest BCUT2D eigenvalue weighted by atomic mass is 32.2. The van der Waals surface area contributed by atoms with Gasteiger partial charge in [-0.2, -0.15) is 15.0 Å². The van der Waals surface area contributed by atoms with E-state index in [1.165, 1.54) is 18.9 Å². The van der Waals surface area contributed by atoms with Crippen molar-refractivity contribution in [3.8, 4) is 6.01 Å². The fourth-order valence-corrected chi connectivity index (χ4v) is 1.78. The third kappa shape index (κ3) is 3.27. The van der Waals surface area contributed by atoms with Gasteiger partial charge in [-0.1, -0.05) is 0 Å². The second kappa shape index (κ2) is 6.10. The monoisotopic (exact) mass is 264 g/mol. The Labute approximate surface area is 108 Å². The van der Waals surface area contributed by atoms with E-state index < -0.39 is 0 Å². The second-order valence-electron chi connectivity index (χ2n) is 3.09. The van der Waals surface area contributed by atoms with Gasteiger partial charge >= 0.3 is 6.01 Å². The van der Waals surface area contributed by atoms with Crippen LogP contribution in [0.5, 0.6) is 6.01 Å². The van der Waals surface area contributed by atoms with Crippen molar-refractivity contribution in [2.75, 3.05) is 19.0 Å². The molecule has 0 saturated carbocycles. The topological polar surface area (TPSA) is 85.7 Å². The fourth-order valence-electron chi connectivity index (χ4n) is 1.13. The summed E-state index contributed by atoms with van der Waals surface area (Å²) in [5.41, 5.74) is 0. The molecule has 2 aromatic rings. The number of hydrogen-bond acceptors (Lipinski definition) is 8. The molecule has 0 atom stereocenters. The van der Waals surface area contributed by atoms with Crippen LogP contribution in [-0.2, 0) is 0 Å². The molecular weight excluding hydrogens is 252 g/mol. The summed E-state index contributed by atoms with van der Waals surface area (Å²) < 4.78 is 5.02. The van der Waals surface area contributed by atoms with Gasteiger partial charge in [0.15, 0.2) is 5.16 Å². The third-order valence-electron chi connectivity index (χ3n) is 1.84. The van der Waals surface area contributed by atoms with Crippen LogP contribution in [-0.4, -0.2) is 38.6 Å². The van der Waals surface area contributed by atoms with E-state index in [0.29, 0.717) is 16.3 Å². The molecule has 8 heteroatoms. The molecule has 0 radical (unpaired) electrons. The first-order valence-corrected chi connectivity index (χ1v) is 6.12. The molecule has 7 nitrogen and oxygen atoms in total. The largest absolute Gasteiger partial charge is 0.467 e. The lowest BCUT2D eigenvalue weighted by atomic mass is 10.7. The lowest BCUT2D eigenvalue weighted by Crippen LogP contribution is -2.06. The van der Waals surface area contributed by atoms with E-state index in [0.717, 1.165) is 6.54 Å². The maximum absolute atomic E-state index is 5.02. The van der Waals surface area contributed by atoms with E-state index in [2.05, 4.69) is 30.2 Å². The van der Waals surface area contributed by atoms with Gasteiger partial charge in [0.25, 0.3) is 0 Å². The van der Waals surface area contributed by atoms with Crippen LogP contribution in [0.2, 0.25) is 0 Å². The van der Waals surface area contributed by atoms with E-state index >= 15 is 0 Å². The van der Waals surface area contributed by atoms with E-state index in [1.807, 2.05) is 6.92 Å². The van der Waals surface area contributed by atoms with Crippen molar-refractivity contribution in [2.45, 2.75) is 17.2 Å². The molecule has 0 unspecified atom stereocenters. The van der Waals surface area contributed by atoms with E-state index in [9.17, 15) is 0 Å². The van der Waals surface area contributed by atoms with Gasteiger partial charge in [-0.05, 0) is 24.8 Å². The second-order valence-corrected chi connectivity index (χ2v) is 4.03. The Morgan fingerprint density at radius 3 is 2.61 bits per heavy atom. The average molecular weight is 264 g/mol. The van der Waals surface area contributed by atoms with Gasteiger partial charge in [-0.3, -0.25) is 0 Å². The molecule has 94 valence electrons. The summed E-state index contributed by atoms with van der Waals surface area (Å²) in [5, 5.41) is 4.08. The molecule has 0 spiro atoms. The van der Waals surface area contributed by atoms with Gasteiger partial charge in [0.1, 0.15) is 0 Å². The SMILES string of the molecule is CCNc1nc(OC)nc(Sc2ncccn2)n1. The quantitative estimate of drug-likeness (QED) is 0.808. The van der Waals surface area contributed by atoms with Crippen LogP contribution in [0.25, 0.3) is 0 Å². The number of aromatic nitrogens is 5. The number of rotatable bonds is 5. The highest BCUT2D eigenvalue weighted by Crippen LogP contribution is 2.22. The lowest BCUT2D eigenvalue weighted by molar-refractivity contribution is 0.373. The fraction of sp³-hybridized carbons (Fsp3) is 0.300. The van der Waals surface area contributed by atoms with Crippen LogP contribution in [0.3, 0.4) is 0 Å². The predicted molar refractivity (Wildman–Crippen MR) is 66.7 cm³/mol. The molecule has 2 aromatic heterocycles. The first kappa shape index (κ1) is 12.5. The van der Waals surface area contributed by atoms with Crippen LogP contribution in [0.1, 0.15) is 6.92 Å². The van der Waals surface area contributed by atoms with Crippen LogP contribution >= 0.6 is 11.8 Å². The van der Waals surface area contributed by atoms with Gasteiger partial charge in [0.05, 0.1) is 7.11 Å². The number of nitrogens with one attached hydrogen (secondary N) is 1. The summed E-state index contributed by atoms with van der Waals surface area (Å²) in [6.07, 6.45) is 3.33. The molecule has 0 aromatic carbocycles. The van der Waals surface area contributed by atoms with Crippen molar-refractivity contribution in [2.24, 2.45) is 0 Å². The molecule has 2 heterocycles. The van der Waals surface area contributed by atoms with Gasteiger partial charge in [-0.15, -0.1) is 0 Å². The summed E-state index contributed by atoms with van der Waals surface area (Å²) in [6, 6.07) is 2.02. The lowest BCUT2D eigenvalue weighted by Gasteiger charge is -2.05. The zero-order valence-corrected chi connectivity index (χ0v) is 10.8. The number of methoxy groups -OCH3 is 1. The molecule has 2 rings (SSSR count). The molecule has 0 aliphatic heterocycles. The standard InChI is InChI=1S/C10H12N6OS/c1-3-11-7-14-8(17-2)16-10(15-7)18-9-12-5-4-6-13-9/h4-6H,3H2,1-2H3,(H,11,14,15,16). The molecule has 0 amide bonds. The predicted octanol–water partition coefficient (Wildman–Crippen LogP) is 1.25. The van der Waals surface area contributed by atoms with Crippen molar-refractivity contribution in [3.05, 3.63) is 18.5 Å². The third-order valence-corrected chi connectivity index (χ3v) is 2.60. The summed E-state index contributed by atoms with van der Waals surface area (Å²) in [5.74, 6) is 0.475. The minimum Gasteiger partial charge on any atom is -0.467 e. The molecule has 1 N–H and O–H groups in total. The van der Waals surface area contributed by atoms with Crippen molar-refractivity contribution < 1.29 is 4.74 Å². The van der Waals surface area contributed by atoms with E-state index in [1.54, 1.807) is 18.5 Å². The highest BCUT2D eigenvalue weighted by molar-refractivity contribution is 7.99. The molecule has 0 fully saturated rings. The minimum absolute atomic E-state index is 0.263. The van der Waals surface area contributed by atoms with Crippen molar-refractivity contribution in [3.63, 3.8) is 0 Å². The van der Waals surface area contributed by atoms with Gasteiger partial charge in [0, 0.05) is 18.9 Å². The molecule has 0 saturated heterocycles. The van der Waals surface area contributed by atoms with Crippen molar-refractivity contribution in [1.82, 2.24) is 24.9 Å². The zero-order chi connectivity index (χ0) is 12.8. The average Bonchev–Trinajstić information content (AvgIpc) is 2.40. The van der Waals surface area contributed by atoms with Crippen LogP contribution < -0.4 is 10.1 Å².